The van der Waals surface area contributed by atoms with E-state index in [1.165, 1.54) is 0 Å². The first-order valence-corrected chi connectivity index (χ1v) is 11.5. The third-order valence-corrected chi connectivity index (χ3v) is 6.97. The van der Waals surface area contributed by atoms with Gasteiger partial charge in [0.05, 0.1) is 37.9 Å². The standard InChI is InChI=1S/C25H34N2O6/c1-26(2)11-6-12-27-22(18-13-15(30-3)8-10-19(18)32-5)21-23(28)17-9-7-16(31-4)14-20(17)33-24(21)25(27)29/h8,10,13,16-17,20,22H,6-7,9,11-12,14H2,1-5H3. The zero-order valence-corrected chi connectivity index (χ0v) is 20.1. The molecular formula is C25H34N2O6. The van der Waals surface area contributed by atoms with Crippen molar-refractivity contribution in [3.8, 4) is 11.5 Å². The van der Waals surface area contributed by atoms with Crippen molar-refractivity contribution in [1.82, 2.24) is 9.80 Å². The van der Waals surface area contributed by atoms with Crippen molar-refractivity contribution in [3.05, 3.63) is 35.1 Å². The van der Waals surface area contributed by atoms with E-state index < -0.39 is 6.04 Å². The average molecular weight is 459 g/mol. The molecular weight excluding hydrogens is 424 g/mol. The van der Waals surface area contributed by atoms with Crippen LogP contribution >= 0.6 is 0 Å². The summed E-state index contributed by atoms with van der Waals surface area (Å²) < 4.78 is 22.9. The molecule has 4 atom stereocenters. The third kappa shape index (κ3) is 4.34. The van der Waals surface area contributed by atoms with Gasteiger partial charge in [-0.15, -0.1) is 0 Å². The zero-order valence-electron chi connectivity index (χ0n) is 20.1. The molecule has 2 heterocycles. The maximum atomic E-state index is 13.8. The highest BCUT2D eigenvalue weighted by Gasteiger charge is 2.53. The number of ether oxygens (including phenoxy) is 4. The van der Waals surface area contributed by atoms with E-state index in [0.29, 0.717) is 36.5 Å². The zero-order chi connectivity index (χ0) is 23.7. The summed E-state index contributed by atoms with van der Waals surface area (Å²) in [5.74, 6) is 0.960. The molecule has 3 aliphatic rings. The molecule has 0 bridgehead atoms. The average Bonchev–Trinajstić information content (AvgIpc) is 3.09. The van der Waals surface area contributed by atoms with Gasteiger partial charge in [0.25, 0.3) is 5.91 Å². The molecule has 8 heteroatoms. The minimum Gasteiger partial charge on any atom is -0.497 e. The molecule has 0 aromatic heterocycles. The van der Waals surface area contributed by atoms with Gasteiger partial charge < -0.3 is 28.7 Å². The second-order valence-electron chi connectivity index (χ2n) is 9.21. The normalized spacial score (nSPS) is 26.9. The van der Waals surface area contributed by atoms with Crippen LogP contribution in [0.2, 0.25) is 0 Å². The number of rotatable bonds is 8. The molecule has 1 aromatic rings. The fraction of sp³-hybridized carbons (Fsp3) is 0.600. The Labute approximate surface area is 195 Å². The number of fused-ring (bicyclic) bond motifs is 1. The van der Waals surface area contributed by atoms with Crippen LogP contribution in [0, 0.1) is 5.92 Å². The van der Waals surface area contributed by atoms with E-state index in [4.69, 9.17) is 18.9 Å². The quantitative estimate of drug-likeness (QED) is 0.593. The SMILES string of the molecule is COc1ccc(OC)c(C2C3=C(OC4CC(OC)CCC4C3=O)C(=O)N2CCCN(C)C)c1. The Hall–Kier alpha value is -2.58. The van der Waals surface area contributed by atoms with Gasteiger partial charge in [-0.25, -0.2) is 0 Å². The first-order chi connectivity index (χ1) is 15.9. The smallest absolute Gasteiger partial charge is 0.290 e. The molecule has 0 N–H and O–H groups in total. The lowest BCUT2D eigenvalue weighted by Gasteiger charge is -2.38. The number of benzene rings is 1. The van der Waals surface area contributed by atoms with Crippen LogP contribution in [-0.2, 0) is 19.1 Å². The number of hydrogen-bond acceptors (Lipinski definition) is 7. The second-order valence-corrected chi connectivity index (χ2v) is 9.21. The molecule has 0 spiro atoms. The predicted molar refractivity (Wildman–Crippen MR) is 122 cm³/mol. The number of ketones is 1. The Morgan fingerprint density at radius 3 is 2.58 bits per heavy atom. The molecule has 4 unspecified atom stereocenters. The molecule has 33 heavy (non-hydrogen) atoms. The molecule has 8 nitrogen and oxygen atoms in total. The van der Waals surface area contributed by atoms with Crippen LogP contribution in [0.25, 0.3) is 0 Å². The van der Waals surface area contributed by atoms with Crippen LogP contribution in [0.1, 0.15) is 37.3 Å². The van der Waals surface area contributed by atoms with Crippen LogP contribution in [0.4, 0.5) is 0 Å². The van der Waals surface area contributed by atoms with E-state index in [1.807, 2.05) is 32.3 Å². The monoisotopic (exact) mass is 458 g/mol. The maximum absolute atomic E-state index is 13.8. The molecule has 1 amide bonds. The fourth-order valence-corrected chi connectivity index (χ4v) is 5.26. The lowest BCUT2D eigenvalue weighted by atomic mass is 9.76. The molecule has 0 saturated heterocycles. The van der Waals surface area contributed by atoms with Crippen molar-refractivity contribution in [2.75, 3.05) is 48.5 Å². The summed E-state index contributed by atoms with van der Waals surface area (Å²) >= 11 is 0. The summed E-state index contributed by atoms with van der Waals surface area (Å²) in [7, 11) is 8.87. The van der Waals surface area contributed by atoms with Gasteiger partial charge in [-0.3, -0.25) is 9.59 Å². The van der Waals surface area contributed by atoms with Gasteiger partial charge in [0.1, 0.15) is 17.6 Å². The molecule has 1 aliphatic carbocycles. The van der Waals surface area contributed by atoms with Crippen LogP contribution < -0.4 is 9.47 Å². The number of methoxy groups -OCH3 is 3. The van der Waals surface area contributed by atoms with Crippen molar-refractivity contribution < 1.29 is 28.5 Å². The minimum atomic E-state index is -0.562. The van der Waals surface area contributed by atoms with E-state index in [0.717, 1.165) is 24.9 Å². The highest BCUT2D eigenvalue weighted by molar-refractivity contribution is 6.11. The first-order valence-electron chi connectivity index (χ1n) is 11.5. The third-order valence-electron chi connectivity index (χ3n) is 6.97. The van der Waals surface area contributed by atoms with Crippen LogP contribution in [0.5, 0.6) is 11.5 Å². The maximum Gasteiger partial charge on any atom is 0.290 e. The molecule has 4 rings (SSSR count). The molecule has 1 saturated carbocycles. The Morgan fingerprint density at radius 2 is 1.91 bits per heavy atom. The highest BCUT2D eigenvalue weighted by Crippen LogP contribution is 2.49. The number of hydrogen-bond donors (Lipinski definition) is 0. The van der Waals surface area contributed by atoms with Crippen LogP contribution in [-0.4, -0.2) is 82.2 Å². The van der Waals surface area contributed by atoms with Crippen LogP contribution in [0.15, 0.2) is 29.5 Å². The van der Waals surface area contributed by atoms with Gasteiger partial charge in [0.15, 0.2) is 11.5 Å². The van der Waals surface area contributed by atoms with Crippen molar-refractivity contribution in [2.45, 2.75) is 43.9 Å². The summed E-state index contributed by atoms with van der Waals surface area (Å²) in [6.07, 6.45) is 2.61. The van der Waals surface area contributed by atoms with E-state index in [2.05, 4.69) is 4.90 Å². The van der Waals surface area contributed by atoms with E-state index in [9.17, 15) is 9.59 Å². The molecule has 180 valence electrons. The van der Waals surface area contributed by atoms with Gasteiger partial charge in [0.2, 0.25) is 0 Å². The molecule has 0 radical (unpaired) electrons. The summed E-state index contributed by atoms with van der Waals surface area (Å²) in [6.45, 7) is 1.33. The van der Waals surface area contributed by atoms with Gasteiger partial charge in [-0.1, -0.05) is 0 Å². The number of carbonyl (C=O) groups excluding carboxylic acids is 2. The minimum absolute atomic E-state index is 0.00846. The Morgan fingerprint density at radius 1 is 1.12 bits per heavy atom. The van der Waals surface area contributed by atoms with Crippen molar-refractivity contribution in [3.63, 3.8) is 0 Å². The fourth-order valence-electron chi connectivity index (χ4n) is 5.26. The van der Waals surface area contributed by atoms with Crippen molar-refractivity contribution in [2.24, 2.45) is 5.92 Å². The van der Waals surface area contributed by atoms with Gasteiger partial charge in [0, 0.05) is 25.6 Å². The Bertz CT molecular complexity index is 943. The highest BCUT2D eigenvalue weighted by atomic mass is 16.5. The van der Waals surface area contributed by atoms with E-state index in [1.54, 1.807) is 26.2 Å². The van der Waals surface area contributed by atoms with E-state index in [-0.39, 0.29) is 35.6 Å². The topological polar surface area (TPSA) is 77.5 Å². The molecule has 1 fully saturated rings. The first kappa shape index (κ1) is 23.6. The summed E-state index contributed by atoms with van der Waals surface area (Å²) in [5, 5.41) is 0. The van der Waals surface area contributed by atoms with E-state index >= 15 is 0 Å². The van der Waals surface area contributed by atoms with Crippen molar-refractivity contribution in [1.29, 1.82) is 0 Å². The number of Topliss-reactive ketones (excluding diaryl/α,β-unsaturated/α-hetero) is 1. The number of carbonyl (C=O) groups is 2. The van der Waals surface area contributed by atoms with Gasteiger partial charge in [-0.05, 0) is 58.1 Å². The molecule has 2 aliphatic heterocycles. The van der Waals surface area contributed by atoms with Gasteiger partial charge >= 0.3 is 0 Å². The molecule has 1 aromatic carbocycles. The second kappa shape index (κ2) is 9.73. The van der Waals surface area contributed by atoms with Gasteiger partial charge in [-0.2, -0.15) is 0 Å². The summed E-state index contributed by atoms with van der Waals surface area (Å²) in [6, 6.07) is 4.92. The lowest BCUT2D eigenvalue weighted by Crippen LogP contribution is -2.43. The summed E-state index contributed by atoms with van der Waals surface area (Å²) in [4.78, 5) is 31.2. The number of nitrogens with zero attached hydrogens (tertiary/aromatic N) is 2. The Balaban J connectivity index is 1.76. The lowest BCUT2D eigenvalue weighted by molar-refractivity contribution is -0.138. The number of amides is 1. The largest absolute Gasteiger partial charge is 0.497 e. The van der Waals surface area contributed by atoms with Crippen LogP contribution in [0.3, 0.4) is 0 Å². The predicted octanol–water partition coefficient (Wildman–Crippen LogP) is 2.58. The summed E-state index contributed by atoms with van der Waals surface area (Å²) in [5.41, 5.74) is 1.19. The van der Waals surface area contributed by atoms with Crippen molar-refractivity contribution >= 4 is 11.7 Å². The Kier molecular flexibility index (Phi) is 6.95.